The zero-order valence-corrected chi connectivity index (χ0v) is 17.5. The van der Waals surface area contributed by atoms with Gasteiger partial charge in [0, 0.05) is 11.8 Å². The molecule has 0 aliphatic carbocycles. The third kappa shape index (κ3) is 3.76. The number of aliphatic hydroxyl groups is 1. The van der Waals surface area contributed by atoms with Crippen LogP contribution in [0.15, 0.2) is 96.7 Å². The fourth-order valence-electron chi connectivity index (χ4n) is 4.19. The largest absolute Gasteiger partial charge is 0.507 e. The van der Waals surface area contributed by atoms with Crippen LogP contribution in [-0.2, 0) is 16.1 Å². The molecule has 1 unspecified atom stereocenters. The number of aromatic nitrogens is 1. The van der Waals surface area contributed by atoms with E-state index >= 15 is 0 Å². The van der Waals surface area contributed by atoms with Crippen LogP contribution in [-0.4, -0.2) is 26.7 Å². The van der Waals surface area contributed by atoms with Crippen LogP contribution in [0.25, 0.3) is 16.5 Å². The van der Waals surface area contributed by atoms with Crippen LogP contribution in [0, 0.1) is 5.82 Å². The van der Waals surface area contributed by atoms with Crippen LogP contribution in [0.3, 0.4) is 0 Å². The molecule has 0 saturated carbocycles. The van der Waals surface area contributed by atoms with Gasteiger partial charge in [-0.15, -0.1) is 0 Å². The maximum absolute atomic E-state index is 13.6. The number of amides is 1. The van der Waals surface area contributed by atoms with E-state index in [9.17, 15) is 19.1 Å². The number of hydrogen-bond acceptors (Lipinski definition) is 4. The van der Waals surface area contributed by atoms with Gasteiger partial charge in [-0.2, -0.15) is 0 Å². The number of rotatable bonds is 4. The van der Waals surface area contributed by atoms with Gasteiger partial charge in [-0.25, -0.2) is 4.39 Å². The van der Waals surface area contributed by atoms with Crippen LogP contribution >= 0.6 is 0 Å². The molecule has 6 heteroatoms. The van der Waals surface area contributed by atoms with E-state index < -0.39 is 23.5 Å². The summed E-state index contributed by atoms with van der Waals surface area (Å²) in [5.74, 6) is -2.23. The third-order valence-electron chi connectivity index (χ3n) is 5.81. The fourth-order valence-corrected chi connectivity index (χ4v) is 4.19. The Hall–Kier alpha value is -4.32. The van der Waals surface area contributed by atoms with E-state index in [0.717, 1.165) is 10.8 Å². The molecule has 1 fully saturated rings. The second-order valence-corrected chi connectivity index (χ2v) is 7.86. The topological polar surface area (TPSA) is 70.5 Å². The Labute approximate surface area is 189 Å². The summed E-state index contributed by atoms with van der Waals surface area (Å²) >= 11 is 0. The number of nitrogens with zero attached hydrogens (tertiary/aromatic N) is 2. The highest BCUT2D eigenvalue weighted by Crippen LogP contribution is 2.40. The Bertz CT molecular complexity index is 1400. The fraction of sp³-hybridized carbons (Fsp3) is 0.0741. The number of hydrogen-bond donors (Lipinski definition) is 1. The van der Waals surface area contributed by atoms with Crippen molar-refractivity contribution in [2.45, 2.75) is 12.6 Å². The van der Waals surface area contributed by atoms with Crippen LogP contribution in [0.1, 0.15) is 22.9 Å². The lowest BCUT2D eigenvalue weighted by Crippen LogP contribution is -2.29. The molecule has 5 nitrogen and oxygen atoms in total. The van der Waals surface area contributed by atoms with E-state index in [1.165, 1.54) is 29.2 Å². The molecule has 1 aromatic heterocycles. The van der Waals surface area contributed by atoms with Gasteiger partial charge in [0.05, 0.1) is 23.9 Å². The zero-order valence-electron chi connectivity index (χ0n) is 17.5. The molecular formula is C27H19FN2O3. The predicted molar refractivity (Wildman–Crippen MR) is 122 cm³/mol. The summed E-state index contributed by atoms with van der Waals surface area (Å²) < 4.78 is 13.6. The van der Waals surface area contributed by atoms with E-state index in [1.807, 2.05) is 30.3 Å². The van der Waals surface area contributed by atoms with Gasteiger partial charge in [-0.1, -0.05) is 54.6 Å². The molecule has 1 aliphatic heterocycles. The quantitative estimate of drug-likeness (QED) is 0.277. The maximum atomic E-state index is 13.6. The van der Waals surface area contributed by atoms with E-state index in [-0.39, 0.29) is 17.9 Å². The number of carbonyl (C=O) groups is 2. The van der Waals surface area contributed by atoms with Crippen molar-refractivity contribution in [3.63, 3.8) is 0 Å². The normalized spacial score (nSPS) is 17.6. The molecule has 5 rings (SSSR count). The molecule has 33 heavy (non-hydrogen) atoms. The first-order valence-corrected chi connectivity index (χ1v) is 10.5. The van der Waals surface area contributed by atoms with Crippen molar-refractivity contribution in [3.05, 3.63) is 119 Å². The molecule has 1 aliphatic rings. The summed E-state index contributed by atoms with van der Waals surface area (Å²) in [4.78, 5) is 31.8. The smallest absolute Gasteiger partial charge is 0.296 e. The van der Waals surface area contributed by atoms with E-state index in [1.54, 1.807) is 36.5 Å². The van der Waals surface area contributed by atoms with Crippen molar-refractivity contribution >= 4 is 28.2 Å². The van der Waals surface area contributed by atoms with Gasteiger partial charge in [0.1, 0.15) is 11.6 Å². The van der Waals surface area contributed by atoms with E-state index in [0.29, 0.717) is 16.8 Å². The second-order valence-electron chi connectivity index (χ2n) is 7.86. The molecule has 1 amide bonds. The summed E-state index contributed by atoms with van der Waals surface area (Å²) in [6.07, 6.45) is 1.61. The first-order chi connectivity index (χ1) is 16.0. The highest BCUT2D eigenvalue weighted by Gasteiger charge is 2.46. The van der Waals surface area contributed by atoms with Gasteiger partial charge in [0.2, 0.25) is 0 Å². The number of pyridine rings is 1. The Balaban J connectivity index is 1.66. The average Bonchev–Trinajstić information content (AvgIpc) is 3.09. The van der Waals surface area contributed by atoms with Gasteiger partial charge in [0.15, 0.2) is 0 Å². The number of benzene rings is 3. The van der Waals surface area contributed by atoms with Crippen molar-refractivity contribution in [2.75, 3.05) is 0 Å². The minimum absolute atomic E-state index is 0.0298. The zero-order chi connectivity index (χ0) is 22.9. The average molecular weight is 438 g/mol. The molecule has 1 N–H and O–H groups in total. The monoisotopic (exact) mass is 438 g/mol. The van der Waals surface area contributed by atoms with Crippen molar-refractivity contribution < 1.29 is 19.1 Å². The summed E-state index contributed by atoms with van der Waals surface area (Å²) in [7, 11) is 0. The lowest BCUT2D eigenvalue weighted by molar-refractivity contribution is -0.140. The molecule has 3 aromatic carbocycles. The number of aliphatic hydroxyl groups excluding tert-OH is 1. The predicted octanol–water partition coefficient (Wildman–Crippen LogP) is 5.00. The van der Waals surface area contributed by atoms with Gasteiger partial charge < -0.3 is 10.0 Å². The third-order valence-corrected chi connectivity index (χ3v) is 5.81. The molecular weight excluding hydrogens is 419 g/mol. The van der Waals surface area contributed by atoms with Gasteiger partial charge in [0.25, 0.3) is 11.7 Å². The van der Waals surface area contributed by atoms with Gasteiger partial charge >= 0.3 is 0 Å². The van der Waals surface area contributed by atoms with Gasteiger partial charge in [-0.3, -0.25) is 14.6 Å². The number of carbonyl (C=O) groups excluding carboxylic acids is 2. The maximum Gasteiger partial charge on any atom is 0.296 e. The van der Waals surface area contributed by atoms with E-state index in [4.69, 9.17) is 0 Å². The summed E-state index contributed by atoms with van der Waals surface area (Å²) in [6, 6.07) is 23.0. The van der Waals surface area contributed by atoms with Crippen LogP contribution in [0.4, 0.5) is 4.39 Å². The molecule has 0 radical (unpaired) electrons. The number of halogens is 1. The minimum atomic E-state index is -0.876. The Morgan fingerprint density at radius 1 is 0.909 bits per heavy atom. The Morgan fingerprint density at radius 2 is 1.64 bits per heavy atom. The first-order valence-electron chi connectivity index (χ1n) is 10.5. The molecule has 2 heterocycles. The standard InChI is InChI=1S/C27H19FN2O3/c28-21-12-10-18(11-13-21)24-23(25(31)20-9-8-17-5-1-2-6-19(17)15-20)26(32)27(33)30(24)16-22-7-3-4-14-29-22/h1-15,24,31H,16H2/b25-23-. The molecule has 1 atom stereocenters. The molecule has 0 bridgehead atoms. The molecule has 1 saturated heterocycles. The Morgan fingerprint density at radius 3 is 2.36 bits per heavy atom. The lowest BCUT2D eigenvalue weighted by Gasteiger charge is -2.25. The number of ketones is 1. The van der Waals surface area contributed by atoms with Crippen molar-refractivity contribution in [1.82, 2.24) is 9.88 Å². The molecule has 4 aromatic rings. The number of Topliss-reactive ketones (excluding diaryl/α,β-unsaturated/α-hetero) is 1. The van der Waals surface area contributed by atoms with Crippen molar-refractivity contribution in [2.24, 2.45) is 0 Å². The lowest BCUT2D eigenvalue weighted by atomic mass is 9.94. The van der Waals surface area contributed by atoms with Crippen molar-refractivity contribution in [3.8, 4) is 0 Å². The van der Waals surface area contributed by atoms with Crippen LogP contribution in [0.2, 0.25) is 0 Å². The molecule has 162 valence electrons. The number of fused-ring (bicyclic) bond motifs is 1. The Kier molecular flexibility index (Phi) is 5.18. The van der Waals surface area contributed by atoms with Crippen LogP contribution in [0.5, 0.6) is 0 Å². The van der Waals surface area contributed by atoms with Crippen LogP contribution < -0.4 is 0 Å². The summed E-state index contributed by atoms with van der Waals surface area (Å²) in [6.45, 7) is 0.0714. The second kappa shape index (κ2) is 8.31. The number of likely N-dealkylation sites (tertiary alicyclic amines) is 1. The summed E-state index contributed by atoms with van der Waals surface area (Å²) in [5, 5.41) is 13.1. The first kappa shape index (κ1) is 20.6. The molecule has 0 spiro atoms. The van der Waals surface area contributed by atoms with Gasteiger partial charge in [-0.05, 0) is 46.7 Å². The summed E-state index contributed by atoms with van der Waals surface area (Å²) in [5.41, 5.74) is 1.51. The van der Waals surface area contributed by atoms with Crippen molar-refractivity contribution in [1.29, 1.82) is 0 Å². The van der Waals surface area contributed by atoms with E-state index in [2.05, 4.69) is 4.98 Å². The highest BCUT2D eigenvalue weighted by atomic mass is 19.1. The SMILES string of the molecule is O=C1C(=O)N(Cc2ccccn2)C(c2ccc(F)cc2)/C1=C(/O)c1ccc2ccccc2c1. The highest BCUT2D eigenvalue weighted by molar-refractivity contribution is 6.46. The minimum Gasteiger partial charge on any atom is -0.507 e.